The molecular weight excluding hydrogens is 257 g/mol. The second kappa shape index (κ2) is 4.94. The number of aromatic nitrogens is 1. The predicted molar refractivity (Wildman–Crippen MR) is 77.7 cm³/mol. The van der Waals surface area contributed by atoms with E-state index in [2.05, 4.69) is 4.98 Å². The normalized spacial score (nSPS) is 10.6. The number of benzene rings is 2. The third-order valence-electron chi connectivity index (χ3n) is 2.99. The fourth-order valence-electron chi connectivity index (χ4n) is 2.01. The topological polar surface area (TPSA) is 12.9 Å². The van der Waals surface area contributed by atoms with Gasteiger partial charge in [-0.15, -0.1) is 11.3 Å². The number of hydrogen-bond donors (Lipinski definition) is 0. The molecule has 1 heterocycles. The molecule has 3 rings (SSSR count). The van der Waals surface area contributed by atoms with Gasteiger partial charge in [0.1, 0.15) is 10.8 Å². The Hall–Kier alpha value is -2.00. The lowest BCUT2D eigenvalue weighted by atomic mass is 10.1. The van der Waals surface area contributed by atoms with Gasteiger partial charge in [-0.1, -0.05) is 30.3 Å². The fourth-order valence-corrected chi connectivity index (χ4v) is 2.93. The molecule has 19 heavy (non-hydrogen) atoms. The van der Waals surface area contributed by atoms with Crippen LogP contribution in [0.4, 0.5) is 4.39 Å². The van der Waals surface area contributed by atoms with Gasteiger partial charge in [-0.05, 0) is 30.7 Å². The van der Waals surface area contributed by atoms with Crippen LogP contribution in [0.3, 0.4) is 0 Å². The van der Waals surface area contributed by atoms with Gasteiger partial charge in [-0.25, -0.2) is 9.37 Å². The summed E-state index contributed by atoms with van der Waals surface area (Å²) in [7, 11) is 0. The Balaban J connectivity index is 2.02. The second-order valence-corrected chi connectivity index (χ2v) is 5.22. The van der Waals surface area contributed by atoms with Crippen LogP contribution in [-0.2, 0) is 0 Å². The van der Waals surface area contributed by atoms with E-state index in [1.807, 2.05) is 42.6 Å². The van der Waals surface area contributed by atoms with Crippen LogP contribution in [0.5, 0.6) is 0 Å². The molecule has 0 saturated heterocycles. The van der Waals surface area contributed by atoms with Crippen LogP contribution in [0, 0.1) is 12.7 Å². The maximum Gasteiger partial charge on any atom is 0.124 e. The SMILES string of the molecule is Cc1cc(F)ccc1-c1nc(-c2ccccc2)cs1. The first-order valence-corrected chi connectivity index (χ1v) is 6.89. The quantitative estimate of drug-likeness (QED) is 0.643. The van der Waals surface area contributed by atoms with Crippen LogP contribution in [0.15, 0.2) is 53.9 Å². The van der Waals surface area contributed by atoms with Crippen molar-refractivity contribution in [2.45, 2.75) is 6.92 Å². The summed E-state index contributed by atoms with van der Waals surface area (Å²) in [5.41, 5.74) is 3.97. The van der Waals surface area contributed by atoms with Gasteiger partial charge < -0.3 is 0 Å². The Morgan fingerprint density at radius 2 is 1.84 bits per heavy atom. The smallest absolute Gasteiger partial charge is 0.124 e. The molecule has 0 fully saturated rings. The highest BCUT2D eigenvalue weighted by molar-refractivity contribution is 7.13. The van der Waals surface area contributed by atoms with E-state index in [0.717, 1.165) is 27.4 Å². The van der Waals surface area contributed by atoms with Gasteiger partial charge in [-0.2, -0.15) is 0 Å². The Kier molecular flexibility index (Phi) is 3.13. The Bertz CT molecular complexity index is 704. The van der Waals surface area contributed by atoms with E-state index >= 15 is 0 Å². The second-order valence-electron chi connectivity index (χ2n) is 4.36. The molecule has 0 bridgehead atoms. The lowest BCUT2D eigenvalue weighted by Crippen LogP contribution is -1.85. The Labute approximate surface area is 115 Å². The van der Waals surface area contributed by atoms with Gasteiger partial charge in [0.25, 0.3) is 0 Å². The number of halogens is 1. The third-order valence-corrected chi connectivity index (χ3v) is 3.87. The number of rotatable bonds is 2. The minimum Gasteiger partial charge on any atom is -0.236 e. The van der Waals surface area contributed by atoms with Crippen LogP contribution in [0.25, 0.3) is 21.8 Å². The molecule has 0 unspecified atom stereocenters. The first-order chi connectivity index (χ1) is 9.24. The lowest BCUT2D eigenvalue weighted by molar-refractivity contribution is 0.627. The van der Waals surface area contributed by atoms with Crippen LogP contribution < -0.4 is 0 Å². The van der Waals surface area contributed by atoms with E-state index in [1.165, 1.54) is 6.07 Å². The third kappa shape index (κ3) is 2.42. The zero-order valence-corrected chi connectivity index (χ0v) is 11.2. The molecule has 0 N–H and O–H groups in total. The van der Waals surface area contributed by atoms with Crippen molar-refractivity contribution >= 4 is 11.3 Å². The van der Waals surface area contributed by atoms with Gasteiger partial charge in [0.15, 0.2) is 0 Å². The van der Waals surface area contributed by atoms with Crippen molar-refractivity contribution in [1.29, 1.82) is 0 Å². The molecule has 0 saturated carbocycles. The average molecular weight is 269 g/mol. The number of hydrogen-bond acceptors (Lipinski definition) is 2. The summed E-state index contributed by atoms with van der Waals surface area (Å²) in [6.07, 6.45) is 0. The lowest BCUT2D eigenvalue weighted by Gasteiger charge is -2.01. The highest BCUT2D eigenvalue weighted by Gasteiger charge is 2.09. The molecule has 1 aromatic heterocycles. The van der Waals surface area contributed by atoms with Crippen LogP contribution in [0.1, 0.15) is 5.56 Å². The largest absolute Gasteiger partial charge is 0.236 e. The maximum atomic E-state index is 13.1. The van der Waals surface area contributed by atoms with E-state index in [1.54, 1.807) is 23.5 Å². The van der Waals surface area contributed by atoms with Crippen molar-refractivity contribution in [3.8, 4) is 21.8 Å². The maximum absolute atomic E-state index is 13.1. The van der Waals surface area contributed by atoms with Gasteiger partial charge in [0.05, 0.1) is 5.69 Å². The van der Waals surface area contributed by atoms with Gasteiger partial charge in [0, 0.05) is 16.5 Å². The molecule has 0 aliphatic carbocycles. The van der Waals surface area contributed by atoms with Crippen LogP contribution in [-0.4, -0.2) is 4.98 Å². The van der Waals surface area contributed by atoms with Crippen molar-refractivity contribution in [2.24, 2.45) is 0 Å². The van der Waals surface area contributed by atoms with Gasteiger partial charge in [-0.3, -0.25) is 0 Å². The molecule has 3 heteroatoms. The summed E-state index contributed by atoms with van der Waals surface area (Å²) in [4.78, 5) is 4.64. The van der Waals surface area contributed by atoms with Gasteiger partial charge in [0.2, 0.25) is 0 Å². The number of nitrogens with zero attached hydrogens (tertiary/aromatic N) is 1. The summed E-state index contributed by atoms with van der Waals surface area (Å²) in [6, 6.07) is 14.9. The van der Waals surface area contributed by atoms with E-state index < -0.39 is 0 Å². The van der Waals surface area contributed by atoms with Crippen LogP contribution >= 0.6 is 11.3 Å². The highest BCUT2D eigenvalue weighted by Crippen LogP contribution is 2.30. The molecule has 0 spiro atoms. The first-order valence-electron chi connectivity index (χ1n) is 6.01. The Morgan fingerprint density at radius 3 is 2.58 bits per heavy atom. The minimum atomic E-state index is -0.207. The minimum absolute atomic E-state index is 0.207. The predicted octanol–water partition coefficient (Wildman–Crippen LogP) is 4.92. The van der Waals surface area contributed by atoms with Crippen LogP contribution in [0.2, 0.25) is 0 Å². The fraction of sp³-hybridized carbons (Fsp3) is 0.0625. The molecule has 3 aromatic rings. The first kappa shape index (κ1) is 12.1. The van der Waals surface area contributed by atoms with E-state index in [4.69, 9.17) is 0 Å². The van der Waals surface area contributed by atoms with Gasteiger partial charge >= 0.3 is 0 Å². The molecule has 0 amide bonds. The van der Waals surface area contributed by atoms with Crippen molar-refractivity contribution in [3.63, 3.8) is 0 Å². The monoisotopic (exact) mass is 269 g/mol. The summed E-state index contributed by atoms with van der Waals surface area (Å²) >= 11 is 1.58. The van der Waals surface area contributed by atoms with Crippen molar-refractivity contribution in [2.75, 3.05) is 0 Å². The summed E-state index contributed by atoms with van der Waals surface area (Å²) in [6.45, 7) is 1.90. The van der Waals surface area contributed by atoms with E-state index in [0.29, 0.717) is 0 Å². The molecule has 1 nitrogen and oxygen atoms in total. The van der Waals surface area contributed by atoms with Crippen molar-refractivity contribution in [3.05, 3.63) is 65.3 Å². The summed E-state index contributed by atoms with van der Waals surface area (Å²) in [5, 5.41) is 2.96. The molecular formula is C16H12FNS. The molecule has 0 atom stereocenters. The van der Waals surface area contributed by atoms with E-state index in [-0.39, 0.29) is 5.82 Å². The molecule has 0 aliphatic heterocycles. The van der Waals surface area contributed by atoms with Crippen molar-refractivity contribution < 1.29 is 4.39 Å². The standard InChI is InChI=1S/C16H12FNS/c1-11-9-13(17)7-8-14(11)16-18-15(10-19-16)12-5-3-2-4-6-12/h2-10H,1H3. The molecule has 0 radical (unpaired) electrons. The average Bonchev–Trinajstić information content (AvgIpc) is 2.89. The zero-order chi connectivity index (χ0) is 13.2. The molecule has 2 aromatic carbocycles. The highest BCUT2D eigenvalue weighted by atomic mass is 32.1. The number of aryl methyl sites for hydroxylation is 1. The zero-order valence-electron chi connectivity index (χ0n) is 10.4. The number of thiazole rings is 1. The molecule has 94 valence electrons. The Morgan fingerprint density at radius 1 is 1.05 bits per heavy atom. The summed E-state index contributed by atoms with van der Waals surface area (Å²) in [5.74, 6) is -0.207. The molecule has 0 aliphatic rings. The van der Waals surface area contributed by atoms with E-state index in [9.17, 15) is 4.39 Å². The summed E-state index contributed by atoms with van der Waals surface area (Å²) < 4.78 is 13.1. The van der Waals surface area contributed by atoms with Crippen molar-refractivity contribution in [1.82, 2.24) is 4.98 Å².